The third kappa shape index (κ3) is 4.42. The number of hydrogen-bond acceptors (Lipinski definition) is 4. The Morgan fingerprint density at radius 3 is 2.53 bits per heavy atom. The maximum absolute atomic E-state index is 5.58. The fourth-order valence-electron chi connectivity index (χ4n) is 1.13. The highest BCUT2D eigenvalue weighted by Crippen LogP contribution is 2.03. The second kappa shape index (κ2) is 6.56. The molecule has 0 saturated carbocycles. The van der Waals surface area contributed by atoms with Gasteiger partial charge < -0.3 is 5.32 Å². The first-order chi connectivity index (χ1) is 7.24. The number of rotatable bonds is 6. The summed E-state index contributed by atoms with van der Waals surface area (Å²) in [7, 11) is 0. The molecule has 0 fully saturated rings. The van der Waals surface area contributed by atoms with E-state index in [-0.39, 0.29) is 0 Å². The van der Waals surface area contributed by atoms with Crippen molar-refractivity contribution in [3.05, 3.63) is 11.4 Å². The molecule has 0 bridgehead atoms. The average molecular weight is 229 g/mol. The van der Waals surface area contributed by atoms with E-state index in [2.05, 4.69) is 20.5 Å². The van der Waals surface area contributed by atoms with Gasteiger partial charge in [0.25, 0.3) is 0 Å². The van der Waals surface area contributed by atoms with E-state index >= 15 is 0 Å². The number of alkyl halides is 1. The van der Waals surface area contributed by atoms with Gasteiger partial charge in [-0.1, -0.05) is 6.42 Å². The first kappa shape index (κ1) is 12.2. The van der Waals surface area contributed by atoms with Gasteiger partial charge in [0.05, 0.1) is 11.4 Å². The first-order valence-electron chi connectivity index (χ1n) is 5.22. The first-order valence-corrected chi connectivity index (χ1v) is 5.75. The van der Waals surface area contributed by atoms with Crippen molar-refractivity contribution in [1.82, 2.24) is 15.2 Å². The summed E-state index contributed by atoms with van der Waals surface area (Å²) in [5, 5.41) is 11.1. The van der Waals surface area contributed by atoms with Crippen molar-refractivity contribution in [3.63, 3.8) is 0 Å². The second-order valence-electron chi connectivity index (χ2n) is 3.48. The Morgan fingerprint density at radius 2 is 1.87 bits per heavy atom. The van der Waals surface area contributed by atoms with Gasteiger partial charge in [-0.15, -0.1) is 16.7 Å². The second-order valence-corrected chi connectivity index (χ2v) is 3.86. The number of aryl methyl sites for hydroxylation is 2. The van der Waals surface area contributed by atoms with Crippen LogP contribution in [0.2, 0.25) is 0 Å². The lowest BCUT2D eigenvalue weighted by Crippen LogP contribution is -2.08. The molecule has 5 heteroatoms. The summed E-state index contributed by atoms with van der Waals surface area (Å²) in [6, 6.07) is 0. The maximum Gasteiger partial charge on any atom is 0.242 e. The molecular weight excluding hydrogens is 212 g/mol. The number of aromatic nitrogens is 3. The molecule has 0 saturated heterocycles. The van der Waals surface area contributed by atoms with Crippen molar-refractivity contribution in [2.75, 3.05) is 17.7 Å². The molecular formula is C10H17ClN4. The molecule has 1 aromatic heterocycles. The number of anilines is 1. The minimum absolute atomic E-state index is 0.615. The summed E-state index contributed by atoms with van der Waals surface area (Å²) >= 11 is 5.58. The van der Waals surface area contributed by atoms with Crippen LogP contribution < -0.4 is 5.32 Å². The third-order valence-corrected chi connectivity index (χ3v) is 2.45. The third-order valence-electron chi connectivity index (χ3n) is 2.19. The van der Waals surface area contributed by atoms with Crippen LogP contribution in [0.5, 0.6) is 0 Å². The summed E-state index contributed by atoms with van der Waals surface area (Å²) in [5.74, 6) is 1.35. The minimum Gasteiger partial charge on any atom is -0.353 e. The van der Waals surface area contributed by atoms with Crippen LogP contribution in [-0.2, 0) is 0 Å². The standard InChI is InChI=1S/C10H17ClN4/c1-8-9(2)14-15-10(13-8)12-7-5-3-4-6-11/h3-7H2,1-2H3,(H,12,13,15). The lowest BCUT2D eigenvalue weighted by atomic mass is 10.2. The van der Waals surface area contributed by atoms with Crippen LogP contribution in [0.1, 0.15) is 30.7 Å². The molecule has 0 spiro atoms. The fraction of sp³-hybridized carbons (Fsp3) is 0.700. The van der Waals surface area contributed by atoms with Crippen molar-refractivity contribution in [1.29, 1.82) is 0 Å². The number of unbranched alkanes of at least 4 members (excludes halogenated alkanes) is 2. The van der Waals surface area contributed by atoms with Gasteiger partial charge in [0.15, 0.2) is 0 Å². The van der Waals surface area contributed by atoms with E-state index in [1.165, 1.54) is 0 Å². The van der Waals surface area contributed by atoms with E-state index < -0.39 is 0 Å². The van der Waals surface area contributed by atoms with E-state index in [0.29, 0.717) is 5.95 Å². The highest BCUT2D eigenvalue weighted by atomic mass is 35.5. The molecule has 0 aliphatic heterocycles. The monoisotopic (exact) mass is 228 g/mol. The smallest absolute Gasteiger partial charge is 0.242 e. The predicted octanol–water partition coefficient (Wildman–Crippen LogP) is 2.31. The highest BCUT2D eigenvalue weighted by Gasteiger charge is 1.99. The van der Waals surface area contributed by atoms with Gasteiger partial charge in [0.2, 0.25) is 5.95 Å². The van der Waals surface area contributed by atoms with Crippen LogP contribution in [-0.4, -0.2) is 27.6 Å². The zero-order valence-corrected chi connectivity index (χ0v) is 10.0. The van der Waals surface area contributed by atoms with Gasteiger partial charge >= 0.3 is 0 Å². The van der Waals surface area contributed by atoms with Crippen molar-refractivity contribution in [2.45, 2.75) is 33.1 Å². The summed E-state index contributed by atoms with van der Waals surface area (Å²) in [6.07, 6.45) is 3.28. The Bertz CT molecular complexity index is 303. The zero-order chi connectivity index (χ0) is 11.1. The van der Waals surface area contributed by atoms with Crippen molar-refractivity contribution in [3.8, 4) is 0 Å². The van der Waals surface area contributed by atoms with Crippen molar-refractivity contribution < 1.29 is 0 Å². The molecule has 1 heterocycles. The normalized spacial score (nSPS) is 10.3. The van der Waals surface area contributed by atoms with Gasteiger partial charge in [-0.2, -0.15) is 5.10 Å². The summed E-state index contributed by atoms with van der Waals surface area (Å²) in [4.78, 5) is 4.28. The van der Waals surface area contributed by atoms with Crippen molar-refractivity contribution >= 4 is 17.5 Å². The topological polar surface area (TPSA) is 50.7 Å². The Kier molecular flexibility index (Phi) is 5.32. The van der Waals surface area contributed by atoms with Crippen molar-refractivity contribution in [2.24, 2.45) is 0 Å². The van der Waals surface area contributed by atoms with Gasteiger partial charge in [-0.05, 0) is 26.7 Å². The van der Waals surface area contributed by atoms with E-state index in [0.717, 1.165) is 43.1 Å². The molecule has 1 N–H and O–H groups in total. The van der Waals surface area contributed by atoms with Gasteiger partial charge in [0, 0.05) is 12.4 Å². The zero-order valence-electron chi connectivity index (χ0n) is 9.26. The molecule has 4 nitrogen and oxygen atoms in total. The molecule has 0 aliphatic rings. The van der Waals surface area contributed by atoms with Crippen LogP contribution in [0, 0.1) is 13.8 Å². The maximum atomic E-state index is 5.58. The SMILES string of the molecule is Cc1nnc(NCCCCCCl)nc1C. The van der Waals surface area contributed by atoms with E-state index in [9.17, 15) is 0 Å². The minimum atomic E-state index is 0.615. The van der Waals surface area contributed by atoms with Gasteiger partial charge in [0.1, 0.15) is 0 Å². The molecule has 0 atom stereocenters. The Morgan fingerprint density at radius 1 is 1.07 bits per heavy atom. The van der Waals surface area contributed by atoms with Crippen LogP contribution in [0.3, 0.4) is 0 Å². The van der Waals surface area contributed by atoms with Gasteiger partial charge in [-0.3, -0.25) is 0 Å². The van der Waals surface area contributed by atoms with Crippen LogP contribution in [0.25, 0.3) is 0 Å². The molecule has 0 aliphatic carbocycles. The lowest BCUT2D eigenvalue weighted by Gasteiger charge is -2.04. The summed E-state index contributed by atoms with van der Waals surface area (Å²) in [5.41, 5.74) is 1.80. The molecule has 0 unspecified atom stereocenters. The fourth-order valence-corrected chi connectivity index (χ4v) is 1.32. The Hall–Kier alpha value is -0.900. The number of nitrogens with zero attached hydrogens (tertiary/aromatic N) is 3. The molecule has 15 heavy (non-hydrogen) atoms. The summed E-state index contributed by atoms with van der Waals surface area (Å²) < 4.78 is 0. The van der Waals surface area contributed by atoms with E-state index in [1.807, 2.05) is 13.8 Å². The molecule has 0 amide bonds. The quantitative estimate of drug-likeness (QED) is 0.600. The molecule has 0 radical (unpaired) electrons. The number of hydrogen-bond donors (Lipinski definition) is 1. The van der Waals surface area contributed by atoms with E-state index in [4.69, 9.17) is 11.6 Å². The lowest BCUT2D eigenvalue weighted by molar-refractivity contribution is 0.740. The predicted molar refractivity (Wildman–Crippen MR) is 62.4 cm³/mol. The number of halogens is 1. The van der Waals surface area contributed by atoms with Crippen LogP contribution >= 0.6 is 11.6 Å². The number of nitrogens with one attached hydrogen (secondary N) is 1. The average Bonchev–Trinajstić information content (AvgIpc) is 2.23. The summed E-state index contributed by atoms with van der Waals surface area (Å²) in [6.45, 7) is 4.71. The molecule has 84 valence electrons. The van der Waals surface area contributed by atoms with E-state index in [1.54, 1.807) is 0 Å². The molecule has 1 aromatic rings. The van der Waals surface area contributed by atoms with Crippen LogP contribution in [0.4, 0.5) is 5.95 Å². The largest absolute Gasteiger partial charge is 0.353 e. The van der Waals surface area contributed by atoms with Crippen LogP contribution in [0.15, 0.2) is 0 Å². The van der Waals surface area contributed by atoms with Gasteiger partial charge in [-0.25, -0.2) is 4.98 Å². The Labute approximate surface area is 95.5 Å². The molecule has 1 rings (SSSR count). The highest BCUT2D eigenvalue weighted by molar-refractivity contribution is 6.17. The Balaban J connectivity index is 2.28. The molecule has 0 aromatic carbocycles.